The number of pyridine rings is 2. The largest absolute Gasteiger partial charge is 0.490 e. The number of alkyl halides is 6. The second-order valence-electron chi connectivity index (χ2n) is 7.16. The Bertz CT molecular complexity index is 852. The molecular formula is C19H19F6N3O. The molecule has 158 valence electrons. The van der Waals surface area contributed by atoms with Crippen LogP contribution in [0.5, 0.6) is 5.75 Å². The van der Waals surface area contributed by atoms with Gasteiger partial charge in [-0.15, -0.1) is 0 Å². The molecule has 1 aliphatic rings. The van der Waals surface area contributed by atoms with Crippen LogP contribution in [0, 0.1) is 0 Å². The minimum absolute atomic E-state index is 0.00292. The van der Waals surface area contributed by atoms with Crippen LogP contribution in [-0.2, 0) is 0 Å². The predicted molar refractivity (Wildman–Crippen MR) is 93.2 cm³/mol. The summed E-state index contributed by atoms with van der Waals surface area (Å²) in [6, 6.07) is 5.04. The van der Waals surface area contributed by atoms with Gasteiger partial charge in [-0.1, -0.05) is 0 Å². The van der Waals surface area contributed by atoms with Crippen LogP contribution in [-0.4, -0.2) is 28.0 Å². The topological polar surface area (TPSA) is 61.0 Å². The van der Waals surface area contributed by atoms with Crippen molar-refractivity contribution in [2.75, 3.05) is 6.61 Å². The number of hydrogen-bond acceptors (Lipinski definition) is 4. The predicted octanol–water partition coefficient (Wildman–Crippen LogP) is 5.30. The Balaban J connectivity index is 1.79. The average molecular weight is 419 g/mol. The fourth-order valence-corrected chi connectivity index (χ4v) is 3.11. The van der Waals surface area contributed by atoms with E-state index in [-0.39, 0.29) is 49.3 Å². The first-order valence-corrected chi connectivity index (χ1v) is 8.92. The van der Waals surface area contributed by atoms with Gasteiger partial charge in [0.25, 0.3) is 12.9 Å². The molecule has 0 unspecified atom stereocenters. The SMILES string of the molecule is NC1(COc2ccc(-c3ccnc(C(F)F)c3)nc2C(F)F)CCC(F)(F)CC1. The Hall–Kier alpha value is -2.36. The van der Waals surface area contributed by atoms with Crippen molar-refractivity contribution < 1.29 is 31.1 Å². The fraction of sp³-hybridized carbons (Fsp3) is 0.474. The van der Waals surface area contributed by atoms with E-state index in [2.05, 4.69) is 9.97 Å². The molecule has 2 N–H and O–H groups in total. The molecule has 1 fully saturated rings. The molecule has 0 bridgehead atoms. The first-order valence-electron chi connectivity index (χ1n) is 8.92. The minimum atomic E-state index is -2.99. The smallest absolute Gasteiger partial charge is 0.284 e. The van der Waals surface area contributed by atoms with E-state index in [1.165, 1.54) is 18.2 Å². The molecule has 2 aromatic heterocycles. The minimum Gasteiger partial charge on any atom is -0.490 e. The van der Waals surface area contributed by atoms with Gasteiger partial charge >= 0.3 is 0 Å². The van der Waals surface area contributed by atoms with Gasteiger partial charge in [0.1, 0.15) is 23.7 Å². The molecule has 29 heavy (non-hydrogen) atoms. The van der Waals surface area contributed by atoms with E-state index in [1.807, 2.05) is 0 Å². The molecule has 0 spiro atoms. The third-order valence-corrected chi connectivity index (χ3v) is 4.89. The molecule has 0 amide bonds. The highest BCUT2D eigenvalue weighted by molar-refractivity contribution is 5.60. The van der Waals surface area contributed by atoms with Gasteiger partial charge in [-0.25, -0.2) is 31.3 Å². The normalized spacial score (nSPS) is 18.2. The van der Waals surface area contributed by atoms with Crippen molar-refractivity contribution in [1.29, 1.82) is 0 Å². The highest BCUT2D eigenvalue weighted by Gasteiger charge is 2.41. The summed E-state index contributed by atoms with van der Waals surface area (Å²) >= 11 is 0. The van der Waals surface area contributed by atoms with Crippen molar-refractivity contribution in [2.45, 2.75) is 50.0 Å². The molecule has 0 radical (unpaired) electrons. The molecule has 2 aromatic rings. The molecule has 2 heterocycles. The van der Waals surface area contributed by atoms with Crippen molar-refractivity contribution in [3.63, 3.8) is 0 Å². The maximum Gasteiger partial charge on any atom is 0.284 e. The molecule has 4 nitrogen and oxygen atoms in total. The van der Waals surface area contributed by atoms with Crippen LogP contribution in [0.4, 0.5) is 26.3 Å². The van der Waals surface area contributed by atoms with Gasteiger partial charge in [-0.3, -0.25) is 4.98 Å². The first kappa shape index (κ1) is 21.4. The van der Waals surface area contributed by atoms with E-state index in [9.17, 15) is 26.3 Å². The van der Waals surface area contributed by atoms with Crippen LogP contribution in [0.2, 0.25) is 0 Å². The fourth-order valence-electron chi connectivity index (χ4n) is 3.11. The monoisotopic (exact) mass is 419 g/mol. The van der Waals surface area contributed by atoms with E-state index in [1.54, 1.807) is 0 Å². The summed E-state index contributed by atoms with van der Waals surface area (Å²) in [5, 5.41) is 0. The van der Waals surface area contributed by atoms with E-state index in [4.69, 9.17) is 10.5 Å². The van der Waals surface area contributed by atoms with Gasteiger partial charge in [-0.05, 0) is 37.1 Å². The molecular weight excluding hydrogens is 400 g/mol. The van der Waals surface area contributed by atoms with Crippen molar-refractivity contribution in [1.82, 2.24) is 9.97 Å². The van der Waals surface area contributed by atoms with E-state index in [0.29, 0.717) is 0 Å². The van der Waals surface area contributed by atoms with Gasteiger partial charge in [-0.2, -0.15) is 0 Å². The van der Waals surface area contributed by atoms with Crippen LogP contribution in [0.3, 0.4) is 0 Å². The third kappa shape index (κ3) is 5.17. The zero-order valence-electron chi connectivity index (χ0n) is 15.2. The van der Waals surface area contributed by atoms with Gasteiger partial charge in [0, 0.05) is 24.6 Å². The van der Waals surface area contributed by atoms with Crippen molar-refractivity contribution in [3.05, 3.63) is 41.9 Å². The van der Waals surface area contributed by atoms with E-state index >= 15 is 0 Å². The summed E-state index contributed by atoms with van der Waals surface area (Å²) in [5.41, 5.74) is 4.11. The number of ether oxygens (including phenoxy) is 1. The molecule has 0 aliphatic heterocycles. The third-order valence-electron chi connectivity index (χ3n) is 4.89. The van der Waals surface area contributed by atoms with Gasteiger partial charge < -0.3 is 10.5 Å². The number of halogens is 6. The summed E-state index contributed by atoms with van der Waals surface area (Å²) in [4.78, 5) is 7.36. The number of nitrogens with two attached hydrogens (primary N) is 1. The number of nitrogens with zero attached hydrogens (tertiary/aromatic N) is 2. The summed E-state index contributed by atoms with van der Waals surface area (Å²) < 4.78 is 84.6. The Morgan fingerprint density at radius 2 is 1.69 bits per heavy atom. The number of rotatable bonds is 6. The first-order chi connectivity index (χ1) is 13.6. The highest BCUT2D eigenvalue weighted by Crippen LogP contribution is 2.38. The van der Waals surface area contributed by atoms with E-state index in [0.717, 1.165) is 12.3 Å². The molecule has 0 atom stereocenters. The van der Waals surface area contributed by atoms with Gasteiger partial charge in [0.05, 0.1) is 11.2 Å². The Morgan fingerprint density at radius 3 is 2.31 bits per heavy atom. The lowest BCUT2D eigenvalue weighted by Gasteiger charge is -2.36. The number of hydrogen-bond donors (Lipinski definition) is 1. The van der Waals surface area contributed by atoms with Crippen molar-refractivity contribution in [3.8, 4) is 17.0 Å². The Kier molecular flexibility index (Phi) is 6.02. The van der Waals surface area contributed by atoms with Crippen LogP contribution in [0.1, 0.15) is 49.9 Å². The summed E-state index contributed by atoms with van der Waals surface area (Å²) in [7, 11) is 0. The lowest BCUT2D eigenvalue weighted by Crippen LogP contribution is -2.50. The zero-order valence-corrected chi connectivity index (χ0v) is 15.2. The Morgan fingerprint density at radius 1 is 1.00 bits per heavy atom. The second-order valence-corrected chi connectivity index (χ2v) is 7.16. The van der Waals surface area contributed by atoms with E-state index < -0.39 is 35.7 Å². The van der Waals surface area contributed by atoms with Crippen LogP contribution in [0.15, 0.2) is 30.5 Å². The zero-order chi connectivity index (χ0) is 21.2. The van der Waals surface area contributed by atoms with Crippen LogP contribution < -0.4 is 10.5 Å². The average Bonchev–Trinajstić information content (AvgIpc) is 2.69. The Labute approximate surface area is 163 Å². The number of aromatic nitrogens is 2. The summed E-state index contributed by atoms with van der Waals surface area (Å²) in [6.07, 6.45) is -5.43. The summed E-state index contributed by atoms with van der Waals surface area (Å²) in [5.74, 6) is -3.00. The second kappa shape index (κ2) is 8.17. The molecule has 0 aromatic carbocycles. The molecule has 1 saturated carbocycles. The molecule has 1 aliphatic carbocycles. The lowest BCUT2D eigenvalue weighted by atomic mass is 9.81. The van der Waals surface area contributed by atoms with Crippen molar-refractivity contribution >= 4 is 0 Å². The lowest BCUT2D eigenvalue weighted by molar-refractivity contribution is -0.0557. The maximum atomic E-state index is 13.5. The van der Waals surface area contributed by atoms with Gasteiger partial charge in [0.15, 0.2) is 0 Å². The maximum absolute atomic E-state index is 13.5. The van der Waals surface area contributed by atoms with Crippen LogP contribution in [0.25, 0.3) is 11.3 Å². The molecule has 10 heteroatoms. The summed E-state index contributed by atoms with van der Waals surface area (Å²) in [6.45, 7) is -0.214. The quantitative estimate of drug-likeness (QED) is 0.645. The van der Waals surface area contributed by atoms with Crippen LogP contribution >= 0.6 is 0 Å². The van der Waals surface area contributed by atoms with Crippen molar-refractivity contribution in [2.24, 2.45) is 5.73 Å². The molecule has 0 saturated heterocycles. The highest BCUT2D eigenvalue weighted by atomic mass is 19.3. The van der Waals surface area contributed by atoms with Gasteiger partial charge in [0.2, 0.25) is 5.92 Å². The standard InChI is InChI=1S/C19H19F6N3O/c20-16(21)13-9-11(3-8-27-13)12-1-2-14(15(28-12)17(22)23)29-10-18(26)4-6-19(24,25)7-5-18/h1-3,8-9,16-17H,4-7,10,26H2. The molecule has 3 rings (SSSR count).